The van der Waals surface area contributed by atoms with E-state index in [0.29, 0.717) is 11.2 Å². The van der Waals surface area contributed by atoms with Crippen molar-refractivity contribution in [3.05, 3.63) is 18.1 Å². The van der Waals surface area contributed by atoms with Crippen LogP contribution in [0.25, 0.3) is 5.65 Å². The van der Waals surface area contributed by atoms with Gasteiger partial charge in [0, 0.05) is 5.56 Å². The molecular formula is C11H16N6O3. The van der Waals surface area contributed by atoms with Gasteiger partial charge in [-0.2, -0.15) is 9.61 Å². The number of hydrogen-bond donors (Lipinski definition) is 4. The quantitative estimate of drug-likeness (QED) is 0.505. The molecule has 2 aromatic heterocycles. The molecule has 0 unspecified atom stereocenters. The van der Waals surface area contributed by atoms with Crippen molar-refractivity contribution < 1.29 is 14.9 Å². The Morgan fingerprint density at radius 3 is 2.90 bits per heavy atom. The average Bonchev–Trinajstić information content (AvgIpc) is 2.92. The lowest BCUT2D eigenvalue weighted by Crippen LogP contribution is -2.50. The highest BCUT2D eigenvalue weighted by Gasteiger charge is 2.51. The molecule has 0 saturated carbocycles. The highest BCUT2D eigenvalue weighted by molar-refractivity contribution is 5.51. The van der Waals surface area contributed by atoms with Gasteiger partial charge in [0.05, 0.1) is 18.3 Å². The predicted octanol–water partition coefficient (Wildman–Crippen LogP) is -1.78. The van der Waals surface area contributed by atoms with E-state index < -0.39 is 23.9 Å². The lowest BCUT2D eigenvalue weighted by Gasteiger charge is -2.27. The van der Waals surface area contributed by atoms with E-state index in [4.69, 9.17) is 16.2 Å². The summed E-state index contributed by atoms with van der Waals surface area (Å²) < 4.78 is 7.02. The molecular weight excluding hydrogens is 264 g/mol. The maximum Gasteiger partial charge on any atom is 0.224 e. The third-order valence-electron chi connectivity index (χ3n) is 3.69. The monoisotopic (exact) mass is 280 g/mol. The smallest absolute Gasteiger partial charge is 0.224 e. The normalized spacial score (nSPS) is 33.9. The fraction of sp³-hybridized carbons (Fsp3) is 0.545. The second kappa shape index (κ2) is 4.35. The summed E-state index contributed by atoms with van der Waals surface area (Å²) in [4.78, 5) is 7.95. The molecule has 3 heterocycles. The van der Waals surface area contributed by atoms with Gasteiger partial charge in [-0.25, -0.2) is 9.97 Å². The molecule has 0 bridgehead atoms. The second-order valence-corrected chi connectivity index (χ2v) is 5.12. The van der Waals surface area contributed by atoms with Crippen molar-refractivity contribution in [2.75, 3.05) is 12.3 Å². The van der Waals surface area contributed by atoms with Crippen LogP contribution in [0.3, 0.4) is 0 Å². The second-order valence-electron chi connectivity index (χ2n) is 5.12. The number of aromatic nitrogens is 4. The van der Waals surface area contributed by atoms with E-state index in [1.165, 1.54) is 17.0 Å². The first-order valence-corrected chi connectivity index (χ1v) is 6.14. The number of ether oxygens (including phenoxy) is 1. The van der Waals surface area contributed by atoms with Gasteiger partial charge in [0.25, 0.3) is 0 Å². The standard InChI is InChI=1S/C11H16N6O3/c1-11(13)7(19)6(3-18)20-8(11)5-2-16-17-9(5)14-4-15-10(17)12/h2,4,6-8,18-19H,3,13H2,1H3,(H2,12,14,15)/t6-,7-,8+,11-/m1/s1. The molecule has 9 heteroatoms. The Hall–Kier alpha value is -1.81. The Morgan fingerprint density at radius 1 is 1.50 bits per heavy atom. The van der Waals surface area contributed by atoms with Crippen LogP contribution < -0.4 is 11.5 Å². The molecule has 1 saturated heterocycles. The molecule has 108 valence electrons. The highest BCUT2D eigenvalue weighted by Crippen LogP contribution is 2.40. The number of nitrogen functional groups attached to an aromatic ring is 1. The van der Waals surface area contributed by atoms with Gasteiger partial charge in [0.1, 0.15) is 24.6 Å². The first-order valence-electron chi connectivity index (χ1n) is 6.14. The molecule has 6 N–H and O–H groups in total. The van der Waals surface area contributed by atoms with Crippen LogP contribution in [0.1, 0.15) is 18.6 Å². The van der Waals surface area contributed by atoms with E-state index in [9.17, 15) is 10.2 Å². The Kier molecular flexibility index (Phi) is 2.87. The molecule has 1 aliphatic rings. The van der Waals surface area contributed by atoms with E-state index in [1.807, 2.05) is 0 Å². The molecule has 1 fully saturated rings. The Bertz CT molecular complexity index is 642. The summed E-state index contributed by atoms with van der Waals surface area (Å²) in [6.45, 7) is 1.34. The van der Waals surface area contributed by atoms with Crippen LogP contribution in [0, 0.1) is 0 Å². The van der Waals surface area contributed by atoms with Crippen LogP contribution in [-0.4, -0.2) is 54.1 Å². The van der Waals surface area contributed by atoms with Crippen LogP contribution in [0.2, 0.25) is 0 Å². The summed E-state index contributed by atoms with van der Waals surface area (Å²) in [5.74, 6) is 0.192. The maximum absolute atomic E-state index is 10.1. The molecule has 9 nitrogen and oxygen atoms in total. The van der Waals surface area contributed by atoms with Crippen molar-refractivity contribution in [3.63, 3.8) is 0 Å². The predicted molar refractivity (Wildman–Crippen MR) is 68.5 cm³/mol. The van der Waals surface area contributed by atoms with E-state index in [2.05, 4.69) is 15.1 Å². The number of rotatable bonds is 2. The third-order valence-corrected chi connectivity index (χ3v) is 3.69. The molecule has 4 atom stereocenters. The lowest BCUT2D eigenvalue weighted by atomic mass is 9.87. The number of anilines is 1. The summed E-state index contributed by atoms with van der Waals surface area (Å²) in [6.07, 6.45) is 0.457. The van der Waals surface area contributed by atoms with Crippen molar-refractivity contribution in [1.82, 2.24) is 19.6 Å². The SMILES string of the molecule is C[C@@]1(N)[C@H](O)[C@@H](CO)O[C@H]1c1cnn2c(N)ncnc12. The number of nitrogens with zero attached hydrogens (tertiary/aromatic N) is 4. The first kappa shape index (κ1) is 13.2. The Labute approximate surface area is 114 Å². The van der Waals surface area contributed by atoms with Crippen LogP contribution in [0.4, 0.5) is 5.95 Å². The van der Waals surface area contributed by atoms with Gasteiger partial charge in [-0.3, -0.25) is 0 Å². The summed E-state index contributed by atoms with van der Waals surface area (Å²) in [6, 6.07) is 0. The molecule has 0 aliphatic carbocycles. The Morgan fingerprint density at radius 2 is 2.25 bits per heavy atom. The minimum absolute atomic E-state index is 0.192. The summed E-state index contributed by atoms with van der Waals surface area (Å²) in [5.41, 5.74) is 11.8. The molecule has 20 heavy (non-hydrogen) atoms. The topological polar surface area (TPSA) is 145 Å². The van der Waals surface area contributed by atoms with E-state index in [-0.39, 0.29) is 12.6 Å². The molecule has 1 aliphatic heterocycles. The fourth-order valence-corrected chi connectivity index (χ4v) is 2.54. The largest absolute Gasteiger partial charge is 0.394 e. The first-order chi connectivity index (χ1) is 9.46. The van der Waals surface area contributed by atoms with Crippen LogP contribution in [0.15, 0.2) is 12.5 Å². The number of fused-ring (bicyclic) bond motifs is 1. The minimum atomic E-state index is -1.07. The van der Waals surface area contributed by atoms with E-state index in [0.717, 1.165) is 0 Å². The zero-order valence-corrected chi connectivity index (χ0v) is 10.8. The maximum atomic E-state index is 10.1. The zero-order chi connectivity index (χ0) is 14.5. The van der Waals surface area contributed by atoms with E-state index in [1.54, 1.807) is 6.92 Å². The van der Waals surface area contributed by atoms with Crippen molar-refractivity contribution in [1.29, 1.82) is 0 Å². The lowest BCUT2D eigenvalue weighted by molar-refractivity contribution is -0.0223. The van der Waals surface area contributed by atoms with Crippen molar-refractivity contribution >= 4 is 11.6 Å². The van der Waals surface area contributed by atoms with Gasteiger partial charge in [0.15, 0.2) is 5.65 Å². The molecule has 0 aromatic carbocycles. The molecule has 0 amide bonds. The van der Waals surface area contributed by atoms with Crippen LogP contribution in [-0.2, 0) is 4.74 Å². The fourth-order valence-electron chi connectivity index (χ4n) is 2.54. The summed E-state index contributed by atoms with van der Waals surface area (Å²) >= 11 is 0. The average molecular weight is 280 g/mol. The number of aliphatic hydroxyl groups excluding tert-OH is 2. The number of aliphatic hydroxyl groups is 2. The summed E-state index contributed by atoms with van der Waals surface area (Å²) in [5, 5.41) is 23.4. The van der Waals surface area contributed by atoms with E-state index >= 15 is 0 Å². The summed E-state index contributed by atoms with van der Waals surface area (Å²) in [7, 11) is 0. The highest BCUT2D eigenvalue weighted by atomic mass is 16.5. The van der Waals surface area contributed by atoms with Gasteiger partial charge in [-0.05, 0) is 6.92 Å². The van der Waals surface area contributed by atoms with Crippen LogP contribution in [0.5, 0.6) is 0 Å². The molecule has 0 radical (unpaired) electrons. The number of nitrogens with two attached hydrogens (primary N) is 2. The van der Waals surface area contributed by atoms with Crippen LogP contribution >= 0.6 is 0 Å². The van der Waals surface area contributed by atoms with Crippen molar-refractivity contribution in [2.45, 2.75) is 30.8 Å². The van der Waals surface area contributed by atoms with Crippen molar-refractivity contribution in [3.8, 4) is 0 Å². The van der Waals surface area contributed by atoms with Gasteiger partial charge >= 0.3 is 0 Å². The Balaban J connectivity index is 2.10. The van der Waals surface area contributed by atoms with Gasteiger partial charge < -0.3 is 26.4 Å². The molecule has 2 aromatic rings. The molecule has 0 spiro atoms. The minimum Gasteiger partial charge on any atom is -0.394 e. The van der Waals surface area contributed by atoms with Gasteiger partial charge in [-0.15, -0.1) is 0 Å². The van der Waals surface area contributed by atoms with Crippen molar-refractivity contribution in [2.24, 2.45) is 5.73 Å². The zero-order valence-electron chi connectivity index (χ0n) is 10.8. The molecule has 3 rings (SSSR count). The third kappa shape index (κ3) is 1.68. The number of hydrogen-bond acceptors (Lipinski definition) is 8. The van der Waals surface area contributed by atoms with Gasteiger partial charge in [0.2, 0.25) is 5.95 Å². The van der Waals surface area contributed by atoms with Gasteiger partial charge in [-0.1, -0.05) is 0 Å².